The summed E-state index contributed by atoms with van der Waals surface area (Å²) in [6.07, 6.45) is 1.53. The Hall–Kier alpha value is -2.32. The number of nitrogen functional groups attached to an aromatic ring is 1. The molecular formula is C14H18ClN7O. The minimum Gasteiger partial charge on any atom is -0.438 e. The summed E-state index contributed by atoms with van der Waals surface area (Å²) in [6, 6.07) is 3.51. The lowest BCUT2D eigenvalue weighted by Gasteiger charge is -2.29. The van der Waals surface area contributed by atoms with Crippen molar-refractivity contribution in [2.24, 2.45) is 0 Å². The van der Waals surface area contributed by atoms with Gasteiger partial charge in [0, 0.05) is 37.8 Å². The van der Waals surface area contributed by atoms with Crippen molar-refractivity contribution in [3.63, 3.8) is 0 Å². The topological polar surface area (TPSA) is 97.5 Å². The van der Waals surface area contributed by atoms with Crippen LogP contribution in [0.15, 0.2) is 22.9 Å². The molecule has 3 aromatic rings. The molecule has 0 spiro atoms. The standard InChI is InChI=1S/C14H17N7O.ClH/c1-9-12-17-8-18-21(12)14(10-2-3-11(15)22-10)19-13(9)20-6-4-16-5-7-20;/h2-3,8,16H,4-7,15H2,1H3;1H. The Labute approximate surface area is 139 Å². The monoisotopic (exact) mass is 335 g/mol. The number of piperazine rings is 1. The molecule has 0 unspecified atom stereocenters. The highest BCUT2D eigenvalue weighted by Crippen LogP contribution is 2.28. The highest BCUT2D eigenvalue weighted by atomic mass is 35.5. The zero-order valence-electron chi connectivity index (χ0n) is 12.7. The molecule has 8 nitrogen and oxygen atoms in total. The van der Waals surface area contributed by atoms with E-state index in [4.69, 9.17) is 15.1 Å². The number of hydrogen-bond acceptors (Lipinski definition) is 7. The first-order valence-corrected chi connectivity index (χ1v) is 7.26. The third-order valence-electron chi connectivity index (χ3n) is 3.89. The Morgan fingerprint density at radius 3 is 2.74 bits per heavy atom. The second kappa shape index (κ2) is 6.05. The predicted octanol–water partition coefficient (Wildman–Crippen LogP) is 1.11. The number of anilines is 2. The Kier molecular flexibility index (Phi) is 4.10. The third-order valence-corrected chi connectivity index (χ3v) is 3.89. The van der Waals surface area contributed by atoms with E-state index >= 15 is 0 Å². The number of nitrogens with two attached hydrogens (primary N) is 1. The number of furan rings is 1. The number of aryl methyl sites for hydroxylation is 1. The van der Waals surface area contributed by atoms with Crippen LogP contribution in [0.5, 0.6) is 0 Å². The van der Waals surface area contributed by atoms with Gasteiger partial charge in [0.1, 0.15) is 12.1 Å². The molecule has 0 saturated carbocycles. The zero-order chi connectivity index (χ0) is 15.1. The summed E-state index contributed by atoms with van der Waals surface area (Å²) in [6.45, 7) is 5.74. The van der Waals surface area contributed by atoms with E-state index in [9.17, 15) is 0 Å². The molecule has 3 aromatic heterocycles. The molecule has 0 bridgehead atoms. The minimum atomic E-state index is 0. The fourth-order valence-corrected chi connectivity index (χ4v) is 2.80. The smallest absolute Gasteiger partial charge is 0.201 e. The Balaban J connectivity index is 0.00000156. The first-order chi connectivity index (χ1) is 10.7. The van der Waals surface area contributed by atoms with Crippen molar-refractivity contribution in [3.05, 3.63) is 24.0 Å². The van der Waals surface area contributed by atoms with Crippen LogP contribution in [-0.2, 0) is 0 Å². The Bertz CT molecular complexity index is 822. The van der Waals surface area contributed by atoms with Crippen molar-refractivity contribution in [1.29, 1.82) is 0 Å². The van der Waals surface area contributed by atoms with Crippen LogP contribution in [0.3, 0.4) is 0 Å². The maximum atomic E-state index is 5.69. The van der Waals surface area contributed by atoms with Crippen LogP contribution in [0.4, 0.5) is 11.7 Å². The molecule has 0 atom stereocenters. The van der Waals surface area contributed by atoms with Gasteiger partial charge in [-0.2, -0.15) is 9.61 Å². The molecule has 1 aliphatic rings. The number of rotatable bonds is 2. The van der Waals surface area contributed by atoms with Crippen molar-refractivity contribution >= 4 is 29.8 Å². The molecule has 122 valence electrons. The fourth-order valence-electron chi connectivity index (χ4n) is 2.80. The molecule has 0 aliphatic carbocycles. The van der Waals surface area contributed by atoms with Gasteiger partial charge in [-0.05, 0) is 13.0 Å². The van der Waals surface area contributed by atoms with Crippen LogP contribution in [0.25, 0.3) is 17.2 Å². The summed E-state index contributed by atoms with van der Waals surface area (Å²) in [5.41, 5.74) is 7.49. The minimum absolute atomic E-state index is 0. The normalized spacial score (nSPS) is 14.9. The molecule has 4 rings (SSSR count). The van der Waals surface area contributed by atoms with E-state index in [1.807, 2.05) is 6.92 Å². The lowest BCUT2D eigenvalue weighted by atomic mass is 10.2. The Morgan fingerprint density at radius 2 is 2.04 bits per heavy atom. The number of hydrogen-bond donors (Lipinski definition) is 2. The fraction of sp³-hybridized carbons (Fsp3) is 0.357. The van der Waals surface area contributed by atoms with Gasteiger partial charge >= 0.3 is 0 Å². The van der Waals surface area contributed by atoms with Gasteiger partial charge in [0.15, 0.2) is 17.3 Å². The van der Waals surface area contributed by atoms with Gasteiger partial charge in [0.2, 0.25) is 5.82 Å². The Morgan fingerprint density at radius 1 is 1.26 bits per heavy atom. The van der Waals surface area contributed by atoms with E-state index in [1.165, 1.54) is 6.33 Å². The van der Waals surface area contributed by atoms with E-state index in [1.54, 1.807) is 16.6 Å². The number of nitrogens with one attached hydrogen (secondary N) is 1. The van der Waals surface area contributed by atoms with Gasteiger partial charge in [0.25, 0.3) is 0 Å². The first-order valence-electron chi connectivity index (χ1n) is 7.26. The van der Waals surface area contributed by atoms with Crippen molar-refractivity contribution in [2.45, 2.75) is 6.92 Å². The molecular weight excluding hydrogens is 318 g/mol. The number of fused-ring (bicyclic) bond motifs is 1. The van der Waals surface area contributed by atoms with E-state index in [0.717, 1.165) is 43.2 Å². The zero-order valence-corrected chi connectivity index (χ0v) is 13.5. The summed E-state index contributed by atoms with van der Waals surface area (Å²) in [5, 5.41) is 7.61. The molecule has 1 aliphatic heterocycles. The highest BCUT2D eigenvalue weighted by Gasteiger charge is 2.21. The average Bonchev–Trinajstić information content (AvgIpc) is 3.18. The van der Waals surface area contributed by atoms with Gasteiger partial charge in [-0.1, -0.05) is 0 Å². The largest absolute Gasteiger partial charge is 0.438 e. The van der Waals surface area contributed by atoms with Gasteiger partial charge < -0.3 is 20.4 Å². The summed E-state index contributed by atoms with van der Waals surface area (Å²) in [5.74, 6) is 2.48. The van der Waals surface area contributed by atoms with Crippen LogP contribution in [0.1, 0.15) is 5.56 Å². The predicted molar refractivity (Wildman–Crippen MR) is 90.0 cm³/mol. The third kappa shape index (κ3) is 2.60. The summed E-state index contributed by atoms with van der Waals surface area (Å²) in [7, 11) is 0. The van der Waals surface area contributed by atoms with E-state index in [0.29, 0.717) is 17.5 Å². The second-order valence-electron chi connectivity index (χ2n) is 5.32. The molecule has 1 fully saturated rings. The van der Waals surface area contributed by atoms with Gasteiger partial charge in [-0.15, -0.1) is 12.4 Å². The first kappa shape index (κ1) is 15.6. The second-order valence-corrected chi connectivity index (χ2v) is 5.32. The van der Waals surface area contributed by atoms with Crippen molar-refractivity contribution < 1.29 is 4.42 Å². The number of halogens is 1. The maximum Gasteiger partial charge on any atom is 0.201 e. The highest BCUT2D eigenvalue weighted by molar-refractivity contribution is 5.85. The quantitative estimate of drug-likeness (QED) is 0.723. The molecule has 3 N–H and O–H groups in total. The number of nitrogens with zero attached hydrogens (tertiary/aromatic N) is 5. The van der Waals surface area contributed by atoms with Crippen LogP contribution < -0.4 is 16.0 Å². The maximum absolute atomic E-state index is 5.69. The average molecular weight is 336 g/mol. The van der Waals surface area contributed by atoms with Gasteiger partial charge in [0.05, 0.1) is 0 Å². The molecule has 9 heteroatoms. The SMILES string of the molecule is Cc1c(N2CCNCC2)nc(-c2ccc(N)o2)n2ncnc12.Cl. The molecule has 0 amide bonds. The van der Waals surface area contributed by atoms with Crippen LogP contribution >= 0.6 is 12.4 Å². The van der Waals surface area contributed by atoms with E-state index in [-0.39, 0.29) is 12.4 Å². The van der Waals surface area contributed by atoms with Crippen LogP contribution in [0, 0.1) is 6.92 Å². The molecule has 0 radical (unpaired) electrons. The summed E-state index contributed by atoms with van der Waals surface area (Å²) >= 11 is 0. The summed E-state index contributed by atoms with van der Waals surface area (Å²) in [4.78, 5) is 11.4. The van der Waals surface area contributed by atoms with E-state index < -0.39 is 0 Å². The van der Waals surface area contributed by atoms with Crippen molar-refractivity contribution in [2.75, 3.05) is 36.8 Å². The molecule has 0 aromatic carbocycles. The summed E-state index contributed by atoms with van der Waals surface area (Å²) < 4.78 is 7.22. The molecule has 1 saturated heterocycles. The van der Waals surface area contributed by atoms with Crippen molar-refractivity contribution in [3.8, 4) is 11.6 Å². The van der Waals surface area contributed by atoms with Gasteiger partial charge in [-0.3, -0.25) is 0 Å². The van der Waals surface area contributed by atoms with Crippen LogP contribution in [0.2, 0.25) is 0 Å². The van der Waals surface area contributed by atoms with Crippen molar-refractivity contribution in [1.82, 2.24) is 24.9 Å². The molecule has 4 heterocycles. The van der Waals surface area contributed by atoms with E-state index in [2.05, 4.69) is 20.3 Å². The van der Waals surface area contributed by atoms with Crippen LogP contribution in [-0.4, -0.2) is 45.8 Å². The lowest BCUT2D eigenvalue weighted by molar-refractivity contribution is 0.579. The van der Waals surface area contributed by atoms with Gasteiger partial charge in [-0.25, -0.2) is 9.97 Å². The number of aromatic nitrogens is 4. The lowest BCUT2D eigenvalue weighted by Crippen LogP contribution is -2.44. The molecule has 23 heavy (non-hydrogen) atoms.